The zero-order chi connectivity index (χ0) is 13.8. The van der Waals surface area contributed by atoms with Crippen LogP contribution in [-0.2, 0) is 6.54 Å². The van der Waals surface area contributed by atoms with Gasteiger partial charge < -0.3 is 0 Å². The van der Waals surface area contributed by atoms with E-state index < -0.39 is 0 Å². The Morgan fingerprint density at radius 3 is 2.75 bits per heavy atom. The molecule has 2 heterocycles. The smallest absolute Gasteiger partial charge is 0.0351 e. The summed E-state index contributed by atoms with van der Waals surface area (Å²) < 4.78 is 1.15. The third-order valence-electron chi connectivity index (χ3n) is 3.98. The summed E-state index contributed by atoms with van der Waals surface area (Å²) in [5, 5.41) is 0. The van der Waals surface area contributed by atoms with Crippen LogP contribution in [0.3, 0.4) is 0 Å². The van der Waals surface area contributed by atoms with E-state index in [0.29, 0.717) is 6.04 Å². The highest BCUT2D eigenvalue weighted by molar-refractivity contribution is 9.10. The van der Waals surface area contributed by atoms with Crippen LogP contribution < -0.4 is 0 Å². The molecule has 1 aliphatic rings. The Labute approximate surface area is 129 Å². The highest BCUT2D eigenvalue weighted by Crippen LogP contribution is 2.32. The molecule has 20 heavy (non-hydrogen) atoms. The maximum absolute atomic E-state index is 4.23. The van der Waals surface area contributed by atoms with E-state index in [1.807, 2.05) is 18.5 Å². The molecule has 3 rings (SSSR count). The first-order valence-corrected chi connectivity index (χ1v) is 8.00. The van der Waals surface area contributed by atoms with Crippen LogP contribution in [0.1, 0.15) is 36.4 Å². The van der Waals surface area contributed by atoms with Gasteiger partial charge in [-0.3, -0.25) is 9.88 Å². The van der Waals surface area contributed by atoms with Crippen molar-refractivity contribution in [3.63, 3.8) is 0 Å². The number of benzene rings is 1. The van der Waals surface area contributed by atoms with Crippen molar-refractivity contribution in [3.05, 3.63) is 64.4 Å². The van der Waals surface area contributed by atoms with Gasteiger partial charge in [-0.1, -0.05) is 40.5 Å². The van der Waals surface area contributed by atoms with Crippen molar-refractivity contribution in [3.8, 4) is 0 Å². The summed E-state index contributed by atoms with van der Waals surface area (Å²) in [5.74, 6) is 0. The summed E-state index contributed by atoms with van der Waals surface area (Å²) in [5.41, 5.74) is 2.73. The van der Waals surface area contributed by atoms with Gasteiger partial charge >= 0.3 is 0 Å². The first kappa shape index (κ1) is 13.8. The number of hydrogen-bond donors (Lipinski definition) is 0. The van der Waals surface area contributed by atoms with Gasteiger partial charge in [0.1, 0.15) is 0 Å². The number of rotatable bonds is 3. The van der Waals surface area contributed by atoms with Crippen LogP contribution in [0, 0.1) is 0 Å². The maximum Gasteiger partial charge on any atom is 0.0351 e. The lowest BCUT2D eigenvalue weighted by atomic mass is 9.95. The Morgan fingerprint density at radius 2 is 2.00 bits per heavy atom. The van der Waals surface area contributed by atoms with E-state index in [1.54, 1.807) is 0 Å². The molecule has 1 aromatic heterocycles. The first-order valence-electron chi connectivity index (χ1n) is 7.21. The molecule has 0 bridgehead atoms. The molecule has 0 amide bonds. The van der Waals surface area contributed by atoms with Crippen molar-refractivity contribution < 1.29 is 0 Å². The van der Waals surface area contributed by atoms with Gasteiger partial charge in [-0.05, 0) is 48.7 Å². The minimum Gasteiger partial charge on any atom is -0.292 e. The van der Waals surface area contributed by atoms with E-state index in [1.165, 1.54) is 36.9 Å². The first-order chi connectivity index (χ1) is 9.83. The molecular weight excluding hydrogens is 312 g/mol. The van der Waals surface area contributed by atoms with Gasteiger partial charge in [0.05, 0.1) is 0 Å². The summed E-state index contributed by atoms with van der Waals surface area (Å²) in [6, 6.07) is 13.5. The summed E-state index contributed by atoms with van der Waals surface area (Å²) in [4.78, 5) is 6.81. The molecule has 0 radical (unpaired) electrons. The fraction of sp³-hybridized carbons (Fsp3) is 0.353. The third-order valence-corrected chi connectivity index (χ3v) is 4.51. The zero-order valence-electron chi connectivity index (χ0n) is 11.5. The van der Waals surface area contributed by atoms with Crippen LogP contribution in [0.4, 0.5) is 0 Å². The topological polar surface area (TPSA) is 16.1 Å². The fourth-order valence-corrected chi connectivity index (χ4v) is 3.23. The molecule has 0 spiro atoms. The summed E-state index contributed by atoms with van der Waals surface area (Å²) in [6.45, 7) is 2.17. The Balaban J connectivity index is 1.78. The molecule has 1 atom stereocenters. The molecule has 0 N–H and O–H groups in total. The SMILES string of the molecule is Brc1ccc(C2CCCCN2Cc2cccnc2)cc1. The monoisotopic (exact) mass is 330 g/mol. The average molecular weight is 331 g/mol. The molecule has 104 valence electrons. The van der Waals surface area contributed by atoms with Crippen LogP contribution in [-0.4, -0.2) is 16.4 Å². The van der Waals surface area contributed by atoms with Crippen molar-refractivity contribution in [2.75, 3.05) is 6.54 Å². The third kappa shape index (κ3) is 3.28. The van der Waals surface area contributed by atoms with E-state index in [4.69, 9.17) is 0 Å². The van der Waals surface area contributed by atoms with Crippen LogP contribution >= 0.6 is 15.9 Å². The lowest BCUT2D eigenvalue weighted by molar-refractivity contribution is 0.140. The molecule has 1 fully saturated rings. The van der Waals surface area contributed by atoms with E-state index in [9.17, 15) is 0 Å². The van der Waals surface area contributed by atoms with Gasteiger partial charge in [0.2, 0.25) is 0 Å². The molecular formula is C17H19BrN2. The van der Waals surface area contributed by atoms with Crippen LogP contribution in [0.25, 0.3) is 0 Å². The van der Waals surface area contributed by atoms with Gasteiger partial charge in [-0.15, -0.1) is 0 Å². The predicted octanol–water partition coefficient (Wildman–Crippen LogP) is 4.57. The summed E-state index contributed by atoms with van der Waals surface area (Å²) in [6.07, 6.45) is 7.69. The molecule has 1 aliphatic heterocycles. The van der Waals surface area contributed by atoms with Gasteiger partial charge in [0.15, 0.2) is 0 Å². The van der Waals surface area contributed by atoms with Crippen LogP contribution in [0.15, 0.2) is 53.3 Å². The molecule has 1 aromatic carbocycles. The number of nitrogens with zero attached hydrogens (tertiary/aromatic N) is 2. The predicted molar refractivity (Wildman–Crippen MR) is 85.4 cm³/mol. The second kappa shape index (κ2) is 6.51. The number of halogens is 1. The lowest BCUT2D eigenvalue weighted by Gasteiger charge is -2.36. The second-order valence-electron chi connectivity index (χ2n) is 5.39. The van der Waals surface area contributed by atoms with E-state index in [-0.39, 0.29) is 0 Å². The van der Waals surface area contributed by atoms with Crippen molar-refractivity contribution in [1.29, 1.82) is 0 Å². The maximum atomic E-state index is 4.23. The van der Waals surface area contributed by atoms with E-state index in [0.717, 1.165) is 11.0 Å². The van der Waals surface area contributed by atoms with Gasteiger partial charge in [0, 0.05) is 29.5 Å². The van der Waals surface area contributed by atoms with E-state index in [2.05, 4.69) is 56.1 Å². The van der Waals surface area contributed by atoms with Gasteiger partial charge in [-0.25, -0.2) is 0 Å². The Hall–Kier alpha value is -1.19. The standard InChI is InChI=1S/C17H19BrN2/c18-16-8-6-15(7-9-16)17-5-1-2-11-20(17)13-14-4-3-10-19-12-14/h3-4,6-10,12,17H,1-2,5,11,13H2. The molecule has 0 saturated carbocycles. The molecule has 2 aromatic rings. The highest BCUT2D eigenvalue weighted by Gasteiger charge is 2.23. The van der Waals surface area contributed by atoms with Crippen molar-refractivity contribution in [2.24, 2.45) is 0 Å². The lowest BCUT2D eigenvalue weighted by Crippen LogP contribution is -2.32. The normalized spacial score (nSPS) is 19.9. The Bertz CT molecular complexity index is 539. The van der Waals surface area contributed by atoms with Crippen molar-refractivity contribution in [2.45, 2.75) is 31.8 Å². The molecule has 0 aliphatic carbocycles. The number of likely N-dealkylation sites (tertiary alicyclic amines) is 1. The largest absolute Gasteiger partial charge is 0.292 e. The fourth-order valence-electron chi connectivity index (χ4n) is 2.97. The Kier molecular flexibility index (Phi) is 4.48. The van der Waals surface area contributed by atoms with Crippen molar-refractivity contribution >= 4 is 15.9 Å². The molecule has 3 heteroatoms. The second-order valence-corrected chi connectivity index (χ2v) is 6.31. The summed E-state index contributed by atoms with van der Waals surface area (Å²) in [7, 11) is 0. The minimum atomic E-state index is 0.539. The van der Waals surface area contributed by atoms with Gasteiger partial charge in [0.25, 0.3) is 0 Å². The van der Waals surface area contributed by atoms with Gasteiger partial charge in [-0.2, -0.15) is 0 Å². The minimum absolute atomic E-state index is 0.539. The average Bonchev–Trinajstić information content (AvgIpc) is 2.50. The number of pyridine rings is 1. The zero-order valence-corrected chi connectivity index (χ0v) is 13.1. The van der Waals surface area contributed by atoms with Crippen molar-refractivity contribution in [1.82, 2.24) is 9.88 Å². The molecule has 1 unspecified atom stereocenters. The quantitative estimate of drug-likeness (QED) is 0.819. The number of aromatic nitrogens is 1. The molecule has 1 saturated heterocycles. The number of piperidine rings is 1. The number of hydrogen-bond acceptors (Lipinski definition) is 2. The summed E-state index contributed by atoms with van der Waals surface area (Å²) >= 11 is 3.52. The van der Waals surface area contributed by atoms with E-state index >= 15 is 0 Å². The highest BCUT2D eigenvalue weighted by atomic mass is 79.9. The van der Waals surface area contributed by atoms with Crippen LogP contribution in [0.5, 0.6) is 0 Å². The molecule has 2 nitrogen and oxygen atoms in total. The van der Waals surface area contributed by atoms with Crippen LogP contribution in [0.2, 0.25) is 0 Å². The Morgan fingerprint density at radius 1 is 1.15 bits per heavy atom.